The summed E-state index contributed by atoms with van der Waals surface area (Å²) in [5.41, 5.74) is 0.123. The molecule has 0 saturated carbocycles. The average Bonchev–Trinajstić information content (AvgIpc) is 2.74. The van der Waals surface area contributed by atoms with Gasteiger partial charge in [-0.1, -0.05) is 0 Å². The lowest BCUT2D eigenvalue weighted by Gasteiger charge is -2.12. The second-order valence-electron chi connectivity index (χ2n) is 3.59. The quantitative estimate of drug-likeness (QED) is 0.821. The standard InChI is InChI=1S/C12H9F2IO2S/c1-17-7-3-8(13)11(9(14)4-7)12(16)6-2-10(15)18-5-6/h2-5,12,16H,1H3. The summed E-state index contributed by atoms with van der Waals surface area (Å²) in [5, 5.41) is 11.7. The van der Waals surface area contributed by atoms with E-state index >= 15 is 0 Å². The zero-order valence-corrected chi connectivity index (χ0v) is 12.3. The number of rotatable bonds is 3. The van der Waals surface area contributed by atoms with E-state index in [1.54, 1.807) is 11.4 Å². The summed E-state index contributed by atoms with van der Waals surface area (Å²) >= 11 is 3.49. The Morgan fingerprint density at radius 1 is 1.28 bits per heavy atom. The molecule has 0 bridgehead atoms. The first kappa shape index (κ1) is 13.7. The van der Waals surface area contributed by atoms with Crippen molar-refractivity contribution in [2.45, 2.75) is 6.10 Å². The van der Waals surface area contributed by atoms with Crippen molar-refractivity contribution in [3.8, 4) is 5.75 Å². The van der Waals surface area contributed by atoms with Crippen molar-refractivity contribution < 1.29 is 18.6 Å². The monoisotopic (exact) mass is 382 g/mol. The molecule has 1 aromatic heterocycles. The Balaban J connectivity index is 2.44. The molecule has 2 nitrogen and oxygen atoms in total. The summed E-state index contributed by atoms with van der Waals surface area (Å²) in [6.45, 7) is 0. The van der Waals surface area contributed by atoms with Gasteiger partial charge >= 0.3 is 0 Å². The van der Waals surface area contributed by atoms with Crippen LogP contribution in [0.2, 0.25) is 0 Å². The number of ether oxygens (including phenoxy) is 1. The number of benzene rings is 1. The largest absolute Gasteiger partial charge is 0.497 e. The average molecular weight is 382 g/mol. The molecule has 1 atom stereocenters. The molecule has 1 N–H and O–H groups in total. The second kappa shape index (κ2) is 5.50. The van der Waals surface area contributed by atoms with Gasteiger partial charge in [-0.05, 0) is 39.6 Å². The van der Waals surface area contributed by atoms with Crippen molar-refractivity contribution in [2.75, 3.05) is 7.11 Å². The van der Waals surface area contributed by atoms with E-state index in [-0.39, 0.29) is 11.3 Å². The van der Waals surface area contributed by atoms with E-state index in [4.69, 9.17) is 4.74 Å². The smallest absolute Gasteiger partial charge is 0.135 e. The minimum Gasteiger partial charge on any atom is -0.497 e. The van der Waals surface area contributed by atoms with E-state index in [1.807, 2.05) is 0 Å². The van der Waals surface area contributed by atoms with Crippen LogP contribution in [0.15, 0.2) is 23.6 Å². The van der Waals surface area contributed by atoms with Crippen LogP contribution >= 0.6 is 33.9 Å². The number of thiophene rings is 1. The fourth-order valence-corrected chi connectivity index (χ4v) is 2.96. The van der Waals surface area contributed by atoms with Gasteiger partial charge in [-0.2, -0.15) is 0 Å². The van der Waals surface area contributed by atoms with Gasteiger partial charge < -0.3 is 9.84 Å². The van der Waals surface area contributed by atoms with E-state index in [0.717, 1.165) is 15.0 Å². The zero-order valence-electron chi connectivity index (χ0n) is 9.28. The molecule has 2 aromatic rings. The molecule has 1 heterocycles. The Morgan fingerprint density at radius 3 is 2.33 bits per heavy atom. The Labute approximate surface area is 120 Å². The summed E-state index contributed by atoms with van der Waals surface area (Å²) in [6, 6.07) is 3.80. The normalized spacial score (nSPS) is 12.5. The molecule has 1 unspecified atom stereocenters. The second-order valence-corrected chi connectivity index (χ2v) is 6.40. The van der Waals surface area contributed by atoms with Gasteiger partial charge in [0.05, 0.1) is 15.6 Å². The van der Waals surface area contributed by atoms with Crippen molar-refractivity contribution in [1.29, 1.82) is 0 Å². The van der Waals surface area contributed by atoms with Gasteiger partial charge in [-0.25, -0.2) is 8.78 Å². The summed E-state index contributed by atoms with van der Waals surface area (Å²) in [6.07, 6.45) is -1.31. The highest BCUT2D eigenvalue weighted by Crippen LogP contribution is 2.32. The Kier molecular flexibility index (Phi) is 4.18. The summed E-state index contributed by atoms with van der Waals surface area (Å²) in [4.78, 5) is 0. The van der Waals surface area contributed by atoms with Gasteiger partial charge in [-0.3, -0.25) is 0 Å². The summed E-state index contributed by atoms with van der Waals surface area (Å²) < 4.78 is 33.2. The van der Waals surface area contributed by atoms with Gasteiger partial charge in [0.25, 0.3) is 0 Å². The van der Waals surface area contributed by atoms with E-state index in [0.29, 0.717) is 5.56 Å². The van der Waals surface area contributed by atoms with Crippen molar-refractivity contribution in [3.63, 3.8) is 0 Å². The van der Waals surface area contributed by atoms with Gasteiger partial charge in [0.15, 0.2) is 0 Å². The lowest BCUT2D eigenvalue weighted by molar-refractivity contribution is 0.209. The fourth-order valence-electron chi connectivity index (χ4n) is 1.57. The van der Waals surface area contributed by atoms with Crippen molar-refractivity contribution in [2.24, 2.45) is 0 Å². The topological polar surface area (TPSA) is 29.5 Å². The molecule has 2 rings (SSSR count). The Hall–Kier alpha value is -0.730. The van der Waals surface area contributed by atoms with E-state index in [9.17, 15) is 13.9 Å². The minimum absolute atomic E-state index is 0.0841. The maximum Gasteiger partial charge on any atom is 0.135 e. The number of aliphatic hydroxyl groups is 1. The molecule has 0 aliphatic heterocycles. The first-order valence-corrected chi connectivity index (χ1v) is 6.93. The third-order valence-corrected chi connectivity index (χ3v) is 4.27. The third kappa shape index (κ3) is 2.65. The highest BCUT2D eigenvalue weighted by molar-refractivity contribution is 14.1. The maximum atomic E-state index is 13.8. The van der Waals surface area contributed by atoms with Gasteiger partial charge in [0.1, 0.15) is 23.5 Å². The van der Waals surface area contributed by atoms with Crippen molar-refractivity contribution in [3.05, 3.63) is 49.2 Å². The molecule has 96 valence electrons. The van der Waals surface area contributed by atoms with Crippen LogP contribution in [0.25, 0.3) is 0 Å². The van der Waals surface area contributed by atoms with Crippen LogP contribution in [0.4, 0.5) is 8.78 Å². The van der Waals surface area contributed by atoms with Gasteiger partial charge in [0, 0.05) is 12.1 Å². The van der Waals surface area contributed by atoms with E-state index < -0.39 is 17.7 Å². The SMILES string of the molecule is COc1cc(F)c(C(O)c2csc(I)c2)c(F)c1. The molecule has 1 aromatic carbocycles. The molecule has 0 spiro atoms. The van der Waals surface area contributed by atoms with Crippen LogP contribution in [0.5, 0.6) is 5.75 Å². The molecule has 0 saturated heterocycles. The van der Waals surface area contributed by atoms with E-state index in [1.165, 1.54) is 18.4 Å². The zero-order chi connectivity index (χ0) is 13.3. The van der Waals surface area contributed by atoms with Crippen LogP contribution < -0.4 is 4.74 Å². The predicted octanol–water partition coefficient (Wildman–Crippen LogP) is 3.72. The Morgan fingerprint density at radius 2 is 1.89 bits per heavy atom. The van der Waals surface area contributed by atoms with Crippen LogP contribution in [-0.2, 0) is 0 Å². The lowest BCUT2D eigenvalue weighted by Crippen LogP contribution is -2.05. The molecule has 0 amide bonds. The molecule has 6 heteroatoms. The molecule has 0 radical (unpaired) electrons. The molecule has 0 fully saturated rings. The minimum atomic E-state index is -1.31. The van der Waals surface area contributed by atoms with Crippen LogP contribution in [0.1, 0.15) is 17.2 Å². The summed E-state index contributed by atoms with van der Waals surface area (Å²) in [5.74, 6) is -1.55. The molecule has 18 heavy (non-hydrogen) atoms. The Bertz CT molecular complexity index is 548. The number of hydrogen-bond donors (Lipinski definition) is 1. The van der Waals surface area contributed by atoms with Crippen molar-refractivity contribution >= 4 is 33.9 Å². The number of methoxy groups -OCH3 is 1. The van der Waals surface area contributed by atoms with Gasteiger partial charge in [0.2, 0.25) is 0 Å². The molecular formula is C12H9F2IO2S. The highest BCUT2D eigenvalue weighted by atomic mass is 127. The summed E-state index contributed by atoms with van der Waals surface area (Å²) in [7, 11) is 1.32. The van der Waals surface area contributed by atoms with Crippen LogP contribution in [0.3, 0.4) is 0 Å². The van der Waals surface area contributed by atoms with Crippen LogP contribution in [0, 0.1) is 14.5 Å². The first-order valence-electron chi connectivity index (χ1n) is 4.98. The van der Waals surface area contributed by atoms with Crippen molar-refractivity contribution in [1.82, 2.24) is 0 Å². The molecular weight excluding hydrogens is 373 g/mol. The molecule has 0 aliphatic rings. The van der Waals surface area contributed by atoms with E-state index in [2.05, 4.69) is 22.6 Å². The third-order valence-electron chi connectivity index (χ3n) is 2.47. The predicted molar refractivity (Wildman–Crippen MR) is 74.0 cm³/mol. The van der Waals surface area contributed by atoms with Crippen LogP contribution in [-0.4, -0.2) is 12.2 Å². The maximum absolute atomic E-state index is 13.8. The number of halogens is 3. The van der Waals surface area contributed by atoms with Gasteiger partial charge in [-0.15, -0.1) is 11.3 Å². The first-order chi connectivity index (χ1) is 8.52. The fraction of sp³-hybridized carbons (Fsp3) is 0.167. The highest BCUT2D eigenvalue weighted by Gasteiger charge is 2.21. The number of aliphatic hydroxyl groups excluding tert-OH is 1. The lowest BCUT2D eigenvalue weighted by atomic mass is 10.0. The number of hydrogen-bond acceptors (Lipinski definition) is 3. The molecule has 0 aliphatic carbocycles.